The van der Waals surface area contributed by atoms with E-state index in [9.17, 15) is 4.79 Å². The van der Waals surface area contributed by atoms with Crippen molar-refractivity contribution in [1.29, 1.82) is 0 Å². The summed E-state index contributed by atoms with van der Waals surface area (Å²) in [5, 5.41) is 2.48. The Balaban J connectivity index is 2.07. The largest absolute Gasteiger partial charge is 0.412 e. The van der Waals surface area contributed by atoms with Crippen LogP contribution < -0.4 is 15.0 Å². The molecule has 1 fully saturated rings. The normalized spacial score (nSPS) is 31.0. The summed E-state index contributed by atoms with van der Waals surface area (Å²) in [6.07, 6.45) is 0.665. The second-order valence-corrected chi connectivity index (χ2v) is 6.40. The maximum atomic E-state index is 11.4. The molecule has 114 valence electrons. The van der Waals surface area contributed by atoms with E-state index in [-0.39, 0.29) is 11.1 Å². The van der Waals surface area contributed by atoms with Crippen LogP contribution in [0.5, 0.6) is 5.75 Å². The van der Waals surface area contributed by atoms with Gasteiger partial charge < -0.3 is 15.0 Å². The fourth-order valence-corrected chi connectivity index (χ4v) is 3.99. The number of fused-ring (bicyclic) bond motifs is 3. The molecule has 2 atom stereocenters. The molecule has 3 rings (SSSR count). The summed E-state index contributed by atoms with van der Waals surface area (Å²) < 4.78 is 5.30. The van der Waals surface area contributed by atoms with Gasteiger partial charge in [-0.15, -0.1) is 0 Å². The van der Waals surface area contributed by atoms with Crippen LogP contribution in [0.25, 0.3) is 0 Å². The second kappa shape index (κ2) is 4.37. The Morgan fingerprint density at radius 1 is 1.33 bits per heavy atom. The first-order valence-electron chi connectivity index (χ1n) is 7.34. The number of carbonyl (C=O) groups excluding carboxylic acids is 1. The van der Waals surface area contributed by atoms with Gasteiger partial charge in [-0.25, -0.2) is 4.79 Å². The summed E-state index contributed by atoms with van der Waals surface area (Å²) in [5.41, 5.74) is 2.48. The van der Waals surface area contributed by atoms with Crippen molar-refractivity contribution in [3.8, 4) is 5.75 Å². The number of amides is 1. The van der Waals surface area contributed by atoms with Gasteiger partial charge in [0.15, 0.2) is 0 Å². The van der Waals surface area contributed by atoms with E-state index in [0.717, 1.165) is 13.0 Å². The zero-order valence-electron chi connectivity index (χ0n) is 13.4. The smallest absolute Gasteiger partial charge is 0.410 e. The summed E-state index contributed by atoms with van der Waals surface area (Å²) in [7, 11) is 5.88. The summed E-state index contributed by atoms with van der Waals surface area (Å²) in [5.74, 6) is 0.599. The average molecular weight is 289 g/mol. The van der Waals surface area contributed by atoms with Crippen LogP contribution in [-0.2, 0) is 5.41 Å². The molecule has 0 radical (unpaired) electrons. The van der Waals surface area contributed by atoms with E-state index in [1.54, 1.807) is 7.05 Å². The SMILES string of the molecule is CNC(=O)Oc1ccc2c(c1)[C@]1(C)CCN(C)[C@]1(C)N2C. The van der Waals surface area contributed by atoms with E-state index < -0.39 is 6.09 Å². The predicted octanol–water partition coefficient (Wildman–Crippen LogP) is 2.16. The first-order valence-corrected chi connectivity index (χ1v) is 7.34. The van der Waals surface area contributed by atoms with Crippen molar-refractivity contribution in [2.75, 3.05) is 32.6 Å². The molecule has 0 spiro atoms. The Kier molecular flexibility index (Phi) is 2.95. The monoisotopic (exact) mass is 289 g/mol. The summed E-state index contributed by atoms with van der Waals surface area (Å²) in [6.45, 7) is 5.67. The third-order valence-electron chi connectivity index (χ3n) is 5.73. The van der Waals surface area contributed by atoms with E-state index in [1.807, 2.05) is 12.1 Å². The van der Waals surface area contributed by atoms with Gasteiger partial charge in [0, 0.05) is 31.7 Å². The molecule has 0 aromatic heterocycles. The minimum Gasteiger partial charge on any atom is -0.410 e. The number of carbonyl (C=O) groups is 1. The molecule has 0 unspecified atom stereocenters. The molecule has 0 bridgehead atoms. The lowest BCUT2D eigenvalue weighted by Crippen LogP contribution is -2.57. The van der Waals surface area contributed by atoms with Crippen molar-refractivity contribution in [2.24, 2.45) is 0 Å². The molecule has 0 saturated carbocycles. The van der Waals surface area contributed by atoms with Crippen molar-refractivity contribution in [3.05, 3.63) is 23.8 Å². The Bertz CT molecular complexity index is 603. The standard InChI is InChI=1S/C16H23N3O2/c1-15-8-9-18(4)16(15,2)19(5)13-7-6-11(10-12(13)15)21-14(20)17-3/h6-7,10H,8-9H2,1-5H3,(H,17,20)/t15-,16+/m0/s1. The summed E-state index contributed by atoms with van der Waals surface area (Å²) in [6, 6.07) is 5.93. The number of nitrogens with one attached hydrogen (secondary N) is 1. The third-order valence-corrected chi connectivity index (χ3v) is 5.73. The predicted molar refractivity (Wildman–Crippen MR) is 82.9 cm³/mol. The molecule has 1 aromatic carbocycles. The van der Waals surface area contributed by atoms with Gasteiger partial charge in [0.25, 0.3) is 0 Å². The molecule has 5 nitrogen and oxygen atoms in total. The van der Waals surface area contributed by atoms with E-state index in [0.29, 0.717) is 5.75 Å². The van der Waals surface area contributed by atoms with E-state index in [4.69, 9.17) is 4.74 Å². The molecule has 2 heterocycles. The van der Waals surface area contributed by atoms with Crippen LogP contribution in [0.15, 0.2) is 18.2 Å². The number of anilines is 1. The highest BCUT2D eigenvalue weighted by molar-refractivity contribution is 5.72. The van der Waals surface area contributed by atoms with Crippen LogP contribution in [0, 0.1) is 0 Å². The maximum absolute atomic E-state index is 11.4. The molecule has 2 aliphatic rings. The lowest BCUT2D eigenvalue weighted by atomic mass is 9.75. The number of likely N-dealkylation sites (tertiary alicyclic amines) is 1. The second-order valence-electron chi connectivity index (χ2n) is 6.40. The number of rotatable bonds is 1. The Labute approximate surface area is 125 Å². The number of benzene rings is 1. The first-order chi connectivity index (χ1) is 9.84. The minimum absolute atomic E-state index is 0.0356. The molecule has 1 saturated heterocycles. The molecule has 2 aliphatic heterocycles. The van der Waals surface area contributed by atoms with Crippen LogP contribution >= 0.6 is 0 Å². The van der Waals surface area contributed by atoms with E-state index >= 15 is 0 Å². The summed E-state index contributed by atoms with van der Waals surface area (Å²) in [4.78, 5) is 16.2. The molecule has 1 aromatic rings. The van der Waals surface area contributed by atoms with Gasteiger partial charge in [0.2, 0.25) is 0 Å². The first kappa shape index (κ1) is 14.2. The van der Waals surface area contributed by atoms with Crippen LogP contribution in [0.2, 0.25) is 0 Å². The van der Waals surface area contributed by atoms with Crippen LogP contribution in [-0.4, -0.2) is 44.3 Å². The fourth-order valence-electron chi connectivity index (χ4n) is 3.99. The molecular formula is C16H23N3O2. The number of hydrogen-bond donors (Lipinski definition) is 1. The Morgan fingerprint density at radius 2 is 2.05 bits per heavy atom. The topological polar surface area (TPSA) is 44.8 Å². The third kappa shape index (κ3) is 1.64. The highest BCUT2D eigenvalue weighted by Gasteiger charge is 2.60. The molecule has 1 N–H and O–H groups in total. The van der Waals surface area contributed by atoms with Crippen LogP contribution in [0.3, 0.4) is 0 Å². The molecule has 5 heteroatoms. The average Bonchev–Trinajstić information content (AvgIpc) is 2.81. The zero-order valence-corrected chi connectivity index (χ0v) is 13.4. The van der Waals surface area contributed by atoms with Gasteiger partial charge in [-0.1, -0.05) is 6.92 Å². The molecule has 1 amide bonds. The maximum Gasteiger partial charge on any atom is 0.412 e. The molecule has 0 aliphatic carbocycles. The minimum atomic E-state index is -0.433. The number of nitrogens with zero attached hydrogens (tertiary/aromatic N) is 2. The van der Waals surface area contributed by atoms with Gasteiger partial charge >= 0.3 is 6.09 Å². The fraction of sp³-hybridized carbons (Fsp3) is 0.562. The zero-order chi connectivity index (χ0) is 15.4. The van der Waals surface area contributed by atoms with Crippen LogP contribution in [0.4, 0.5) is 10.5 Å². The number of likely N-dealkylation sites (N-methyl/N-ethyl adjacent to an activating group) is 2. The van der Waals surface area contributed by atoms with Crippen molar-refractivity contribution >= 4 is 11.8 Å². The lowest BCUT2D eigenvalue weighted by Gasteiger charge is -2.44. The van der Waals surface area contributed by atoms with Gasteiger partial charge in [0.05, 0.1) is 5.66 Å². The van der Waals surface area contributed by atoms with Crippen molar-refractivity contribution in [1.82, 2.24) is 10.2 Å². The lowest BCUT2D eigenvalue weighted by molar-refractivity contribution is 0.148. The number of hydrogen-bond acceptors (Lipinski definition) is 4. The van der Waals surface area contributed by atoms with Gasteiger partial charge in [-0.3, -0.25) is 4.90 Å². The van der Waals surface area contributed by atoms with E-state index in [1.165, 1.54) is 11.3 Å². The van der Waals surface area contributed by atoms with Crippen molar-refractivity contribution in [2.45, 2.75) is 31.3 Å². The Morgan fingerprint density at radius 3 is 2.71 bits per heavy atom. The van der Waals surface area contributed by atoms with Crippen LogP contribution in [0.1, 0.15) is 25.8 Å². The van der Waals surface area contributed by atoms with Crippen molar-refractivity contribution in [3.63, 3.8) is 0 Å². The van der Waals surface area contributed by atoms with Gasteiger partial charge in [-0.2, -0.15) is 0 Å². The van der Waals surface area contributed by atoms with Gasteiger partial charge in [0.1, 0.15) is 5.75 Å². The molecular weight excluding hydrogens is 266 g/mol. The quantitative estimate of drug-likeness (QED) is 0.860. The van der Waals surface area contributed by atoms with Gasteiger partial charge in [-0.05, 0) is 44.2 Å². The highest BCUT2D eigenvalue weighted by atomic mass is 16.5. The Hall–Kier alpha value is -1.75. The highest BCUT2D eigenvalue weighted by Crippen LogP contribution is 2.57. The van der Waals surface area contributed by atoms with Crippen molar-refractivity contribution < 1.29 is 9.53 Å². The number of ether oxygens (including phenoxy) is 1. The summed E-state index contributed by atoms with van der Waals surface area (Å²) >= 11 is 0. The van der Waals surface area contributed by atoms with E-state index in [2.05, 4.69) is 49.1 Å². The molecule has 21 heavy (non-hydrogen) atoms.